The molecule has 0 heterocycles. The van der Waals surface area contributed by atoms with Gasteiger partial charge in [-0.2, -0.15) is 0 Å². The largest absolute Gasteiger partial charge is 0.497 e. The Labute approximate surface area is 188 Å². The normalized spacial score (nSPS) is 10.9. The van der Waals surface area contributed by atoms with E-state index in [0.717, 1.165) is 17.6 Å². The van der Waals surface area contributed by atoms with Gasteiger partial charge in [0.15, 0.2) is 0 Å². The molecule has 0 unspecified atom stereocenters. The Kier molecular flexibility index (Phi) is 7.72. The topological polar surface area (TPSA) is 84.9 Å². The van der Waals surface area contributed by atoms with Gasteiger partial charge in [0.25, 0.3) is 5.91 Å². The van der Waals surface area contributed by atoms with Crippen LogP contribution in [0.3, 0.4) is 0 Å². The molecule has 0 atom stereocenters. The molecule has 0 radical (unpaired) electrons. The van der Waals surface area contributed by atoms with Crippen molar-refractivity contribution in [2.24, 2.45) is 0 Å². The zero-order valence-corrected chi connectivity index (χ0v) is 18.8. The highest BCUT2D eigenvalue weighted by atomic mass is 32.2. The van der Waals surface area contributed by atoms with E-state index in [1.807, 2.05) is 30.3 Å². The minimum absolute atomic E-state index is 0.130. The number of carbonyl (C=O) groups excluding carboxylic acids is 1. The number of hydrogen-bond acceptors (Lipinski definition) is 5. The van der Waals surface area contributed by atoms with Gasteiger partial charge in [-0.3, -0.25) is 9.10 Å². The lowest BCUT2D eigenvalue weighted by molar-refractivity contribution is 0.0947. The fourth-order valence-electron chi connectivity index (χ4n) is 3.11. The summed E-state index contributed by atoms with van der Waals surface area (Å²) in [5, 5.41) is 2.79. The van der Waals surface area contributed by atoms with E-state index in [4.69, 9.17) is 9.47 Å². The molecular weight excluding hydrogens is 428 g/mol. The van der Waals surface area contributed by atoms with Gasteiger partial charge in [-0.25, -0.2) is 8.42 Å². The summed E-state index contributed by atoms with van der Waals surface area (Å²) in [5.41, 5.74) is 1.42. The molecule has 3 aromatic carbocycles. The molecule has 0 bridgehead atoms. The predicted molar refractivity (Wildman–Crippen MR) is 125 cm³/mol. The summed E-state index contributed by atoms with van der Waals surface area (Å²) in [6.07, 6.45) is 1.13. The van der Waals surface area contributed by atoms with Gasteiger partial charge in [0, 0.05) is 0 Å². The first-order chi connectivity index (χ1) is 15.4. The van der Waals surface area contributed by atoms with Gasteiger partial charge in [-0.05, 0) is 42.0 Å². The van der Waals surface area contributed by atoms with Crippen LogP contribution in [-0.2, 0) is 16.6 Å². The number of methoxy groups -OCH3 is 1. The Morgan fingerprint density at radius 1 is 0.906 bits per heavy atom. The highest BCUT2D eigenvalue weighted by molar-refractivity contribution is 7.92. The number of nitrogens with zero attached hydrogens (tertiary/aromatic N) is 1. The summed E-state index contributed by atoms with van der Waals surface area (Å²) in [6, 6.07) is 23.0. The predicted octanol–water partition coefficient (Wildman–Crippen LogP) is 3.47. The van der Waals surface area contributed by atoms with Crippen molar-refractivity contribution in [1.29, 1.82) is 0 Å². The van der Waals surface area contributed by atoms with Crippen LogP contribution in [0.25, 0.3) is 0 Å². The molecule has 0 saturated heterocycles. The number of rotatable bonds is 10. The monoisotopic (exact) mass is 454 g/mol. The van der Waals surface area contributed by atoms with E-state index < -0.39 is 10.0 Å². The molecule has 3 rings (SSSR count). The molecule has 0 fully saturated rings. The zero-order valence-electron chi connectivity index (χ0n) is 18.0. The van der Waals surface area contributed by atoms with Crippen molar-refractivity contribution in [3.63, 3.8) is 0 Å². The number of ether oxygens (including phenoxy) is 2. The number of nitrogens with one attached hydrogen (secondary N) is 1. The quantitative estimate of drug-likeness (QED) is 0.474. The summed E-state index contributed by atoms with van der Waals surface area (Å²) < 4.78 is 37.1. The number of amides is 1. The average molecular weight is 455 g/mol. The number of anilines is 1. The Balaban J connectivity index is 1.68. The Hall–Kier alpha value is -3.52. The SMILES string of the molecule is COc1ccc(OCCNC(=O)c2ccccc2N(Cc2ccccc2)S(C)(=O)=O)cc1. The van der Waals surface area contributed by atoms with Crippen molar-refractivity contribution in [1.82, 2.24) is 5.32 Å². The molecule has 8 heteroatoms. The molecule has 168 valence electrons. The van der Waals surface area contributed by atoms with Crippen molar-refractivity contribution in [2.45, 2.75) is 6.54 Å². The second kappa shape index (κ2) is 10.7. The Morgan fingerprint density at radius 2 is 1.53 bits per heavy atom. The molecule has 3 aromatic rings. The molecule has 0 aromatic heterocycles. The fraction of sp³-hybridized carbons (Fsp3) is 0.208. The molecule has 0 aliphatic carbocycles. The number of sulfonamides is 1. The lowest BCUT2D eigenvalue weighted by Crippen LogP contribution is -2.33. The lowest BCUT2D eigenvalue weighted by atomic mass is 10.1. The van der Waals surface area contributed by atoms with Crippen molar-refractivity contribution in [3.8, 4) is 11.5 Å². The smallest absolute Gasteiger partial charge is 0.253 e. The molecule has 1 amide bonds. The van der Waals surface area contributed by atoms with Crippen LogP contribution in [0.15, 0.2) is 78.9 Å². The average Bonchev–Trinajstić information content (AvgIpc) is 2.80. The molecule has 0 spiro atoms. The maximum Gasteiger partial charge on any atom is 0.253 e. The van der Waals surface area contributed by atoms with E-state index in [9.17, 15) is 13.2 Å². The van der Waals surface area contributed by atoms with Crippen LogP contribution in [0.2, 0.25) is 0 Å². The van der Waals surface area contributed by atoms with Gasteiger partial charge in [0.1, 0.15) is 18.1 Å². The summed E-state index contributed by atoms with van der Waals surface area (Å²) in [5.74, 6) is 1.01. The Bertz CT molecular complexity index is 1130. The first-order valence-corrected chi connectivity index (χ1v) is 11.9. The summed E-state index contributed by atoms with van der Waals surface area (Å²) >= 11 is 0. The first kappa shape index (κ1) is 23.1. The van der Waals surface area contributed by atoms with E-state index in [1.165, 1.54) is 4.31 Å². The van der Waals surface area contributed by atoms with Crippen LogP contribution in [0.5, 0.6) is 11.5 Å². The second-order valence-electron chi connectivity index (χ2n) is 7.05. The van der Waals surface area contributed by atoms with Gasteiger partial charge >= 0.3 is 0 Å². The van der Waals surface area contributed by atoms with Crippen molar-refractivity contribution in [2.75, 3.05) is 30.8 Å². The van der Waals surface area contributed by atoms with Crippen molar-refractivity contribution < 1.29 is 22.7 Å². The minimum atomic E-state index is -3.62. The molecule has 1 N–H and O–H groups in total. The van der Waals surface area contributed by atoms with Crippen LogP contribution in [0.4, 0.5) is 5.69 Å². The van der Waals surface area contributed by atoms with Crippen LogP contribution in [-0.4, -0.2) is 40.8 Å². The minimum Gasteiger partial charge on any atom is -0.497 e. The maximum atomic E-state index is 12.8. The summed E-state index contributed by atoms with van der Waals surface area (Å²) in [6.45, 7) is 0.654. The second-order valence-corrected chi connectivity index (χ2v) is 8.96. The zero-order chi connectivity index (χ0) is 23.0. The fourth-order valence-corrected chi connectivity index (χ4v) is 4.01. The van der Waals surface area contributed by atoms with Crippen LogP contribution >= 0.6 is 0 Å². The number of para-hydroxylation sites is 1. The third-order valence-corrected chi connectivity index (χ3v) is 5.83. The summed E-state index contributed by atoms with van der Waals surface area (Å²) in [7, 11) is -2.03. The van der Waals surface area contributed by atoms with Gasteiger partial charge in [0.05, 0.1) is 37.7 Å². The van der Waals surface area contributed by atoms with Gasteiger partial charge in [-0.15, -0.1) is 0 Å². The van der Waals surface area contributed by atoms with Crippen LogP contribution in [0, 0.1) is 0 Å². The molecule has 7 nitrogen and oxygen atoms in total. The van der Waals surface area contributed by atoms with E-state index in [0.29, 0.717) is 11.4 Å². The molecular formula is C24H26N2O5S. The van der Waals surface area contributed by atoms with E-state index >= 15 is 0 Å². The van der Waals surface area contributed by atoms with Gasteiger partial charge in [-0.1, -0.05) is 42.5 Å². The van der Waals surface area contributed by atoms with E-state index in [-0.39, 0.29) is 31.2 Å². The van der Waals surface area contributed by atoms with Crippen LogP contribution < -0.4 is 19.1 Å². The standard InChI is InChI=1S/C24H26N2O5S/c1-30-20-12-14-21(15-13-20)31-17-16-25-24(27)22-10-6-7-11-23(22)26(32(2,28)29)18-19-8-4-3-5-9-19/h3-15H,16-18H2,1-2H3,(H,25,27). The molecule has 0 saturated carbocycles. The van der Waals surface area contributed by atoms with E-state index in [1.54, 1.807) is 55.6 Å². The Morgan fingerprint density at radius 3 is 2.19 bits per heavy atom. The van der Waals surface area contributed by atoms with Crippen LogP contribution in [0.1, 0.15) is 15.9 Å². The highest BCUT2D eigenvalue weighted by Gasteiger charge is 2.23. The number of benzene rings is 3. The first-order valence-electron chi connectivity index (χ1n) is 10.0. The molecule has 32 heavy (non-hydrogen) atoms. The van der Waals surface area contributed by atoms with E-state index in [2.05, 4.69) is 5.32 Å². The van der Waals surface area contributed by atoms with Crippen molar-refractivity contribution in [3.05, 3.63) is 90.0 Å². The molecule has 0 aliphatic heterocycles. The third kappa shape index (κ3) is 6.24. The highest BCUT2D eigenvalue weighted by Crippen LogP contribution is 2.25. The van der Waals surface area contributed by atoms with Gasteiger partial charge < -0.3 is 14.8 Å². The number of carbonyl (C=O) groups is 1. The third-order valence-electron chi connectivity index (χ3n) is 4.70. The lowest BCUT2D eigenvalue weighted by Gasteiger charge is -2.24. The summed E-state index contributed by atoms with van der Waals surface area (Å²) in [4.78, 5) is 12.8. The number of hydrogen-bond donors (Lipinski definition) is 1. The van der Waals surface area contributed by atoms with Crippen molar-refractivity contribution >= 4 is 21.6 Å². The molecule has 0 aliphatic rings. The maximum absolute atomic E-state index is 12.8. The van der Waals surface area contributed by atoms with Gasteiger partial charge in [0.2, 0.25) is 10.0 Å².